The van der Waals surface area contributed by atoms with E-state index in [4.69, 9.17) is 10.6 Å². The molecule has 0 radical (unpaired) electrons. The van der Waals surface area contributed by atoms with Crippen molar-refractivity contribution in [1.29, 1.82) is 0 Å². The number of hydrogen-bond donors (Lipinski definition) is 2. The topological polar surface area (TPSA) is 64.3 Å². The lowest BCUT2D eigenvalue weighted by atomic mass is 10.3. The van der Waals surface area contributed by atoms with Crippen molar-refractivity contribution in [3.05, 3.63) is 51.2 Å². The number of nitrogens with one attached hydrogen (secondary N) is 1. The van der Waals surface area contributed by atoms with Crippen LogP contribution in [0.1, 0.15) is 14.5 Å². The maximum Gasteiger partial charge on any atom is 0.275 e. The summed E-state index contributed by atoms with van der Waals surface area (Å²) in [5.41, 5.74) is 1.91. The molecular weight excluding hydrogens is 312 g/mol. The Morgan fingerprint density at radius 1 is 1.19 bits per heavy atom. The molecule has 3 N–H and O–H groups in total. The van der Waals surface area contributed by atoms with Gasteiger partial charge in [-0.2, -0.15) is 8.78 Å². The minimum atomic E-state index is -1.62. The minimum absolute atomic E-state index is 0.0896. The number of carbonyl (C=O) groups excluding carboxylic acids is 1. The van der Waals surface area contributed by atoms with E-state index in [0.29, 0.717) is 4.88 Å². The number of benzene rings is 1. The van der Waals surface area contributed by atoms with Gasteiger partial charge < -0.3 is 4.74 Å². The number of rotatable bonds is 4. The van der Waals surface area contributed by atoms with Crippen LogP contribution < -0.4 is 16.0 Å². The van der Waals surface area contributed by atoms with Crippen molar-refractivity contribution in [2.45, 2.75) is 6.61 Å². The molecule has 2 aromatic rings. The Hall–Kier alpha value is -2.13. The second kappa shape index (κ2) is 6.10. The summed E-state index contributed by atoms with van der Waals surface area (Å²) in [4.78, 5) is 11.9. The fourth-order valence-corrected chi connectivity index (χ4v) is 2.29. The molecule has 9 heteroatoms. The third kappa shape index (κ3) is 3.14. The molecule has 21 heavy (non-hydrogen) atoms. The number of thiophene rings is 1. The van der Waals surface area contributed by atoms with Crippen molar-refractivity contribution >= 4 is 17.2 Å². The molecule has 4 nitrogen and oxygen atoms in total. The van der Waals surface area contributed by atoms with Crippen LogP contribution in [0.3, 0.4) is 0 Å². The molecule has 0 aliphatic carbocycles. The minimum Gasteiger partial charge on any atom is -0.482 e. The number of hydrazine groups is 1. The van der Waals surface area contributed by atoms with Crippen molar-refractivity contribution in [2.24, 2.45) is 5.84 Å². The predicted octanol–water partition coefficient (Wildman–Crippen LogP) is 2.49. The zero-order chi connectivity index (χ0) is 15.6. The number of hydrogen-bond acceptors (Lipinski definition) is 4. The number of carbonyl (C=O) groups is 1. The first-order valence-corrected chi connectivity index (χ1v) is 6.31. The predicted molar refractivity (Wildman–Crippen MR) is 66.6 cm³/mol. The quantitative estimate of drug-likeness (QED) is 0.299. The Balaban J connectivity index is 2.17. The highest BCUT2D eigenvalue weighted by atomic mass is 32.1. The lowest BCUT2D eigenvalue weighted by molar-refractivity contribution is 0.0957. The summed E-state index contributed by atoms with van der Waals surface area (Å²) in [5, 5.41) is 0. The van der Waals surface area contributed by atoms with E-state index in [9.17, 15) is 22.4 Å². The summed E-state index contributed by atoms with van der Waals surface area (Å²) in [6.07, 6.45) is 0. The van der Waals surface area contributed by atoms with E-state index in [1.807, 2.05) is 5.43 Å². The van der Waals surface area contributed by atoms with Crippen LogP contribution in [0.2, 0.25) is 0 Å². The first-order valence-electron chi connectivity index (χ1n) is 5.49. The number of nitrogens with two attached hydrogens (primary N) is 1. The zero-order valence-corrected chi connectivity index (χ0v) is 11.1. The van der Waals surface area contributed by atoms with Crippen molar-refractivity contribution in [2.75, 3.05) is 0 Å². The van der Waals surface area contributed by atoms with Crippen LogP contribution in [-0.2, 0) is 6.61 Å². The summed E-state index contributed by atoms with van der Waals surface area (Å²) in [7, 11) is 0. The van der Waals surface area contributed by atoms with Crippen LogP contribution >= 0.6 is 11.3 Å². The Morgan fingerprint density at radius 2 is 1.81 bits per heavy atom. The van der Waals surface area contributed by atoms with Gasteiger partial charge in [-0.25, -0.2) is 14.6 Å². The highest BCUT2D eigenvalue weighted by Gasteiger charge is 2.21. The molecule has 1 heterocycles. The smallest absolute Gasteiger partial charge is 0.275 e. The largest absolute Gasteiger partial charge is 0.482 e. The Kier molecular flexibility index (Phi) is 4.43. The van der Waals surface area contributed by atoms with Gasteiger partial charge in [0.1, 0.15) is 6.61 Å². The van der Waals surface area contributed by atoms with Gasteiger partial charge in [0.05, 0.1) is 4.88 Å². The molecule has 0 saturated heterocycles. The Morgan fingerprint density at radius 3 is 2.38 bits per heavy atom. The molecule has 1 aromatic heterocycles. The summed E-state index contributed by atoms with van der Waals surface area (Å²) in [6, 6.07) is 2.97. The van der Waals surface area contributed by atoms with Gasteiger partial charge in [0, 0.05) is 10.9 Å². The van der Waals surface area contributed by atoms with Gasteiger partial charge in [0.25, 0.3) is 5.91 Å². The van der Waals surface area contributed by atoms with Gasteiger partial charge in [-0.3, -0.25) is 10.2 Å². The fourth-order valence-electron chi connectivity index (χ4n) is 1.47. The maximum atomic E-state index is 13.3. The molecule has 0 unspecified atom stereocenters. The van der Waals surface area contributed by atoms with E-state index in [1.54, 1.807) is 0 Å². The standard InChI is InChI=1S/C12H8F4N2O2S/c13-6-3-7(14)10(16)11(9(6)15)20-4-5-1-2-8(21-5)12(19)18-17/h1-3H,4,17H2,(H,18,19). The van der Waals surface area contributed by atoms with Gasteiger partial charge >= 0.3 is 0 Å². The average Bonchev–Trinajstić information content (AvgIpc) is 2.93. The van der Waals surface area contributed by atoms with Crippen LogP contribution in [0.15, 0.2) is 18.2 Å². The van der Waals surface area contributed by atoms with Crippen molar-refractivity contribution in [3.63, 3.8) is 0 Å². The molecule has 112 valence electrons. The van der Waals surface area contributed by atoms with Gasteiger partial charge in [-0.1, -0.05) is 0 Å². The van der Waals surface area contributed by atoms with E-state index < -0.39 is 34.9 Å². The number of amides is 1. The number of nitrogen functional groups attached to an aromatic ring is 1. The monoisotopic (exact) mass is 320 g/mol. The van der Waals surface area contributed by atoms with Crippen LogP contribution in [0.25, 0.3) is 0 Å². The summed E-state index contributed by atoms with van der Waals surface area (Å²) in [5.74, 6) is -3.10. The fraction of sp³-hybridized carbons (Fsp3) is 0.0833. The van der Waals surface area contributed by atoms with Crippen LogP contribution in [0, 0.1) is 23.3 Å². The van der Waals surface area contributed by atoms with Crippen LogP contribution in [0.5, 0.6) is 5.75 Å². The highest BCUT2D eigenvalue weighted by molar-refractivity contribution is 7.14. The Labute approximate surface area is 120 Å². The van der Waals surface area contributed by atoms with E-state index in [-0.39, 0.29) is 17.6 Å². The highest BCUT2D eigenvalue weighted by Crippen LogP contribution is 2.28. The number of ether oxygens (including phenoxy) is 1. The molecule has 0 saturated carbocycles. The second-order valence-corrected chi connectivity index (χ2v) is 4.99. The average molecular weight is 320 g/mol. The molecule has 0 aliphatic rings. The zero-order valence-electron chi connectivity index (χ0n) is 10.3. The van der Waals surface area contributed by atoms with Crippen molar-refractivity contribution in [3.8, 4) is 5.75 Å². The van der Waals surface area contributed by atoms with E-state index in [2.05, 4.69) is 0 Å². The lowest BCUT2D eigenvalue weighted by Gasteiger charge is -2.08. The normalized spacial score (nSPS) is 10.5. The van der Waals surface area contributed by atoms with Gasteiger partial charge in [0.15, 0.2) is 17.4 Å². The lowest BCUT2D eigenvalue weighted by Crippen LogP contribution is -2.29. The van der Waals surface area contributed by atoms with Crippen molar-refractivity contribution in [1.82, 2.24) is 5.43 Å². The molecule has 0 spiro atoms. The molecule has 0 atom stereocenters. The maximum absolute atomic E-state index is 13.3. The third-order valence-electron chi connectivity index (χ3n) is 2.45. The van der Waals surface area contributed by atoms with Gasteiger partial charge in [-0.05, 0) is 12.1 Å². The van der Waals surface area contributed by atoms with Gasteiger partial charge in [-0.15, -0.1) is 11.3 Å². The van der Waals surface area contributed by atoms with Crippen LogP contribution in [-0.4, -0.2) is 5.91 Å². The molecule has 2 rings (SSSR count). The molecular formula is C12H8F4N2O2S. The second-order valence-electron chi connectivity index (χ2n) is 3.83. The number of halogens is 4. The molecule has 0 fully saturated rings. The summed E-state index contributed by atoms with van der Waals surface area (Å²) >= 11 is 0.955. The Bertz CT molecular complexity index is 664. The van der Waals surface area contributed by atoms with E-state index in [1.165, 1.54) is 12.1 Å². The first kappa shape index (κ1) is 15.3. The molecule has 0 aliphatic heterocycles. The summed E-state index contributed by atoms with van der Waals surface area (Å²) in [6.45, 7) is -0.362. The van der Waals surface area contributed by atoms with E-state index in [0.717, 1.165) is 11.3 Å². The van der Waals surface area contributed by atoms with Crippen molar-refractivity contribution < 1.29 is 27.1 Å². The summed E-state index contributed by atoms with van der Waals surface area (Å²) < 4.78 is 57.4. The molecule has 1 aromatic carbocycles. The van der Waals surface area contributed by atoms with Gasteiger partial charge in [0.2, 0.25) is 11.6 Å². The molecule has 1 amide bonds. The first-order chi connectivity index (χ1) is 9.93. The SMILES string of the molecule is NNC(=O)c1ccc(COc2c(F)c(F)cc(F)c2F)s1. The van der Waals surface area contributed by atoms with Crippen LogP contribution in [0.4, 0.5) is 17.6 Å². The molecule has 0 bridgehead atoms. The third-order valence-corrected chi connectivity index (χ3v) is 3.50. The van der Waals surface area contributed by atoms with E-state index >= 15 is 0 Å².